The number of hydrogen-bond acceptors (Lipinski definition) is 0. The fourth-order valence-corrected chi connectivity index (χ4v) is 4.15. The Morgan fingerprint density at radius 1 is 0.778 bits per heavy atom. The van der Waals surface area contributed by atoms with E-state index in [0.717, 1.165) is 12.2 Å². The fraction of sp³-hybridized carbons (Fsp3) is 0.800. The van der Waals surface area contributed by atoms with E-state index in [1.807, 2.05) is 0 Å². The van der Waals surface area contributed by atoms with Gasteiger partial charge >= 0.3 is 12.4 Å². The van der Waals surface area contributed by atoms with Crippen LogP contribution in [0.15, 0.2) is 12.2 Å². The first-order valence-electron chi connectivity index (χ1n) is 5.16. The third-order valence-corrected chi connectivity index (χ3v) is 4.64. The number of alkyl halides is 8. The first-order valence-corrected chi connectivity index (χ1v) is 5.16. The highest BCUT2D eigenvalue weighted by atomic mass is 19.4. The van der Waals surface area contributed by atoms with E-state index in [0.29, 0.717) is 0 Å². The molecule has 2 bridgehead atoms. The lowest BCUT2D eigenvalue weighted by atomic mass is 9.82. The van der Waals surface area contributed by atoms with Crippen molar-refractivity contribution in [1.29, 1.82) is 0 Å². The molecule has 0 saturated heterocycles. The second kappa shape index (κ2) is 2.56. The molecule has 0 nitrogen and oxygen atoms in total. The van der Waals surface area contributed by atoms with Gasteiger partial charge in [-0.1, -0.05) is 12.2 Å². The van der Waals surface area contributed by atoms with Crippen molar-refractivity contribution in [2.45, 2.75) is 24.7 Å². The van der Waals surface area contributed by atoms with Gasteiger partial charge in [-0.15, -0.1) is 0 Å². The van der Waals surface area contributed by atoms with Crippen LogP contribution in [0.3, 0.4) is 0 Å². The summed E-state index contributed by atoms with van der Waals surface area (Å²) in [6.07, 6.45) is -9.95. The number of fused-ring (bicyclic) bond motifs is 5. The molecule has 0 aromatic carbocycles. The van der Waals surface area contributed by atoms with E-state index in [9.17, 15) is 35.1 Å². The Morgan fingerprint density at radius 3 is 1.39 bits per heavy atom. The van der Waals surface area contributed by atoms with Gasteiger partial charge in [0.05, 0.1) is 0 Å². The molecule has 18 heavy (non-hydrogen) atoms. The Kier molecular flexibility index (Phi) is 1.74. The number of allylic oxidation sites excluding steroid dienone is 2. The van der Waals surface area contributed by atoms with Gasteiger partial charge in [-0.05, 0) is 18.3 Å². The first kappa shape index (κ1) is 12.2. The lowest BCUT2D eigenvalue weighted by molar-refractivity contribution is -0.256. The van der Waals surface area contributed by atoms with E-state index >= 15 is 0 Å². The summed E-state index contributed by atoms with van der Waals surface area (Å²) in [5, 5.41) is 0. The van der Waals surface area contributed by atoms with Crippen molar-refractivity contribution in [2.24, 2.45) is 22.7 Å². The molecule has 0 amide bonds. The molecule has 0 aliphatic heterocycles. The van der Waals surface area contributed by atoms with Crippen LogP contribution in [0.1, 0.15) is 6.42 Å². The minimum absolute atomic E-state index is 0.505. The van der Waals surface area contributed by atoms with Gasteiger partial charge in [0.2, 0.25) is 0 Å². The van der Waals surface area contributed by atoms with Crippen molar-refractivity contribution in [1.82, 2.24) is 0 Å². The zero-order valence-electron chi connectivity index (χ0n) is 8.54. The van der Waals surface area contributed by atoms with Crippen LogP contribution in [0, 0.1) is 22.7 Å². The molecule has 102 valence electrons. The molecular formula is C10H6F8. The zero-order valence-corrected chi connectivity index (χ0v) is 8.54. The van der Waals surface area contributed by atoms with Crippen LogP contribution in [0.25, 0.3) is 0 Å². The Morgan fingerprint density at radius 2 is 1.11 bits per heavy atom. The average Bonchev–Trinajstić information content (AvgIpc) is 2.50. The van der Waals surface area contributed by atoms with Gasteiger partial charge < -0.3 is 0 Å². The monoisotopic (exact) mass is 278 g/mol. The van der Waals surface area contributed by atoms with Gasteiger partial charge in [-0.2, -0.15) is 26.3 Å². The second-order valence-electron chi connectivity index (χ2n) is 5.02. The second-order valence-corrected chi connectivity index (χ2v) is 5.02. The van der Waals surface area contributed by atoms with Crippen LogP contribution >= 0.6 is 0 Å². The van der Waals surface area contributed by atoms with E-state index < -0.39 is 47.4 Å². The van der Waals surface area contributed by atoms with E-state index in [1.54, 1.807) is 0 Å². The molecule has 2 fully saturated rings. The first-order chi connectivity index (χ1) is 7.96. The molecule has 2 saturated carbocycles. The van der Waals surface area contributed by atoms with Gasteiger partial charge in [0.15, 0.2) is 10.8 Å². The highest BCUT2D eigenvalue weighted by Crippen LogP contribution is 2.95. The zero-order chi connectivity index (χ0) is 13.8. The van der Waals surface area contributed by atoms with Crippen molar-refractivity contribution in [3.8, 4) is 0 Å². The number of rotatable bonds is 0. The Hall–Kier alpha value is -0.820. The molecule has 3 rings (SSSR count). The highest BCUT2D eigenvalue weighted by molar-refractivity contribution is 5.46. The number of halogens is 8. The van der Waals surface area contributed by atoms with Gasteiger partial charge in [0, 0.05) is 0 Å². The molecule has 0 aromatic rings. The van der Waals surface area contributed by atoms with Crippen LogP contribution in [0.4, 0.5) is 35.1 Å². The topological polar surface area (TPSA) is 0 Å². The smallest absolute Gasteiger partial charge is 0.205 e. The molecule has 3 aliphatic carbocycles. The van der Waals surface area contributed by atoms with Crippen molar-refractivity contribution in [3.63, 3.8) is 0 Å². The van der Waals surface area contributed by atoms with Crippen LogP contribution in [-0.4, -0.2) is 18.3 Å². The van der Waals surface area contributed by atoms with Crippen molar-refractivity contribution in [2.75, 3.05) is 0 Å². The fourth-order valence-electron chi connectivity index (χ4n) is 4.15. The predicted molar refractivity (Wildman–Crippen MR) is 42.7 cm³/mol. The van der Waals surface area contributed by atoms with Crippen LogP contribution in [0.2, 0.25) is 0 Å². The summed E-state index contributed by atoms with van der Waals surface area (Å²) in [4.78, 5) is 0. The Balaban J connectivity index is 2.28. The van der Waals surface area contributed by atoms with E-state index in [2.05, 4.69) is 0 Å². The maximum atomic E-state index is 13.6. The lowest BCUT2D eigenvalue weighted by Crippen LogP contribution is -2.41. The summed E-state index contributed by atoms with van der Waals surface area (Å²) in [5.41, 5.74) is -7.91. The largest absolute Gasteiger partial charge is 0.402 e. The van der Waals surface area contributed by atoms with E-state index in [4.69, 9.17) is 0 Å². The summed E-state index contributed by atoms with van der Waals surface area (Å²) in [6, 6.07) is 0. The normalized spacial score (nSPS) is 48.4. The SMILES string of the molecule is FC(F)(F)[C@]12[C@@H]3C=C[C@@H](C3)[C@@]1(C(F)(F)F)C2(F)F. The Labute approximate surface area is 95.6 Å². The summed E-state index contributed by atoms with van der Waals surface area (Å²) in [5.74, 6) is -8.34. The third kappa shape index (κ3) is 0.765. The highest BCUT2D eigenvalue weighted by Gasteiger charge is 3.11. The summed E-state index contributed by atoms with van der Waals surface area (Å²) in [7, 11) is 0. The average molecular weight is 278 g/mol. The van der Waals surface area contributed by atoms with E-state index in [-0.39, 0.29) is 0 Å². The van der Waals surface area contributed by atoms with Crippen LogP contribution < -0.4 is 0 Å². The maximum Gasteiger partial charge on any atom is 0.402 e. The molecule has 3 aliphatic rings. The predicted octanol–water partition coefficient (Wildman–Crippen LogP) is 3.94. The quantitative estimate of drug-likeness (QED) is 0.465. The summed E-state index contributed by atoms with van der Waals surface area (Å²) >= 11 is 0. The van der Waals surface area contributed by atoms with Gasteiger partial charge in [0.1, 0.15) is 0 Å². The summed E-state index contributed by atoms with van der Waals surface area (Å²) in [6.45, 7) is 0. The minimum atomic E-state index is -5.57. The van der Waals surface area contributed by atoms with Gasteiger partial charge in [-0.3, -0.25) is 0 Å². The molecule has 0 aromatic heterocycles. The molecule has 4 atom stereocenters. The molecule has 0 radical (unpaired) electrons. The molecule has 0 spiro atoms. The standard InChI is InChI=1S/C10H6F8/c11-8(12)6(9(13,14)15)4-1-2-5(3-4)7(6,8)10(16,17)18/h1-2,4-5H,3H2/t4-,5+,6-,7+. The Bertz CT molecular complexity index is 406. The maximum absolute atomic E-state index is 13.6. The van der Waals surface area contributed by atoms with E-state index in [1.165, 1.54) is 0 Å². The summed E-state index contributed by atoms with van der Waals surface area (Å²) < 4.78 is 105. The number of hydrogen-bond donors (Lipinski definition) is 0. The van der Waals surface area contributed by atoms with Crippen molar-refractivity contribution in [3.05, 3.63) is 12.2 Å². The molecule has 0 unspecified atom stereocenters. The van der Waals surface area contributed by atoms with Crippen molar-refractivity contribution < 1.29 is 35.1 Å². The third-order valence-electron chi connectivity index (χ3n) is 4.64. The molecule has 0 heterocycles. The lowest BCUT2D eigenvalue weighted by Gasteiger charge is -2.27. The minimum Gasteiger partial charge on any atom is -0.205 e. The molecular weight excluding hydrogens is 272 g/mol. The van der Waals surface area contributed by atoms with Crippen LogP contribution in [-0.2, 0) is 0 Å². The van der Waals surface area contributed by atoms with Crippen molar-refractivity contribution >= 4 is 0 Å². The van der Waals surface area contributed by atoms with Gasteiger partial charge in [0.25, 0.3) is 5.92 Å². The molecule has 8 heteroatoms. The molecule has 0 N–H and O–H groups in total. The van der Waals surface area contributed by atoms with Gasteiger partial charge in [-0.25, -0.2) is 8.78 Å². The van der Waals surface area contributed by atoms with Crippen LogP contribution in [0.5, 0.6) is 0 Å².